The number of carbonyl (C=O) groups is 1. The Bertz CT molecular complexity index is 622. The summed E-state index contributed by atoms with van der Waals surface area (Å²) in [5, 5.41) is 7.63. The molecular weight excluding hydrogens is 285 g/mol. The number of aromatic nitrogens is 2. The lowest BCUT2D eigenvalue weighted by atomic mass is 10.3. The van der Waals surface area contributed by atoms with Crippen LogP contribution in [0.4, 0.5) is 5.69 Å². The van der Waals surface area contributed by atoms with E-state index in [1.54, 1.807) is 28.9 Å². The summed E-state index contributed by atoms with van der Waals surface area (Å²) in [7, 11) is 0. The van der Waals surface area contributed by atoms with E-state index < -0.39 is 0 Å². The van der Waals surface area contributed by atoms with Crippen LogP contribution in [0.5, 0.6) is 0 Å². The fraction of sp³-hybridized carbons (Fsp3) is 0.231. The number of hydrogen-bond acceptors (Lipinski definition) is 2. The molecule has 0 fully saturated rings. The predicted octanol–water partition coefficient (Wildman–Crippen LogP) is 3.77. The summed E-state index contributed by atoms with van der Waals surface area (Å²) in [4.78, 5) is 12.1. The molecule has 1 aromatic carbocycles. The van der Waals surface area contributed by atoms with Crippen LogP contribution in [-0.4, -0.2) is 15.7 Å². The van der Waals surface area contributed by atoms with E-state index in [1.165, 1.54) is 0 Å². The SMILES string of the molecule is CCn1nc(C(=O)Nc2cccc(Cl)c2Cl)cc1C. The van der Waals surface area contributed by atoms with E-state index >= 15 is 0 Å². The van der Waals surface area contributed by atoms with Gasteiger partial charge in [0.15, 0.2) is 5.69 Å². The molecule has 1 amide bonds. The van der Waals surface area contributed by atoms with Crippen molar-refractivity contribution in [3.05, 3.63) is 45.7 Å². The Labute approximate surface area is 121 Å². The molecule has 0 unspecified atom stereocenters. The highest BCUT2D eigenvalue weighted by atomic mass is 35.5. The number of rotatable bonds is 3. The van der Waals surface area contributed by atoms with E-state index in [2.05, 4.69) is 10.4 Å². The van der Waals surface area contributed by atoms with Gasteiger partial charge in [-0.2, -0.15) is 5.10 Å². The summed E-state index contributed by atoms with van der Waals surface area (Å²) in [6.07, 6.45) is 0. The van der Waals surface area contributed by atoms with E-state index in [0.717, 1.165) is 12.2 Å². The number of hydrogen-bond donors (Lipinski definition) is 1. The molecule has 2 aromatic rings. The lowest BCUT2D eigenvalue weighted by Gasteiger charge is -2.06. The number of halogens is 2. The molecule has 0 aliphatic carbocycles. The lowest BCUT2D eigenvalue weighted by molar-refractivity contribution is 0.102. The predicted molar refractivity (Wildman–Crippen MR) is 77.1 cm³/mol. The van der Waals surface area contributed by atoms with Gasteiger partial charge in [0.25, 0.3) is 5.91 Å². The summed E-state index contributed by atoms with van der Waals surface area (Å²) in [5.41, 5.74) is 1.77. The van der Waals surface area contributed by atoms with Crippen LogP contribution in [0, 0.1) is 6.92 Å². The van der Waals surface area contributed by atoms with Crippen molar-refractivity contribution in [2.75, 3.05) is 5.32 Å². The zero-order valence-corrected chi connectivity index (χ0v) is 12.1. The molecule has 0 aliphatic rings. The van der Waals surface area contributed by atoms with Gasteiger partial charge in [-0.3, -0.25) is 9.48 Å². The Morgan fingerprint density at radius 2 is 2.16 bits per heavy atom. The first-order chi connectivity index (χ1) is 9.02. The summed E-state index contributed by atoms with van der Waals surface area (Å²) in [6, 6.07) is 6.81. The van der Waals surface area contributed by atoms with Gasteiger partial charge in [-0.1, -0.05) is 29.3 Å². The second-order valence-corrected chi connectivity index (χ2v) is 4.83. The molecule has 2 rings (SSSR count). The standard InChI is InChI=1S/C13H13Cl2N3O/c1-3-18-8(2)7-11(17-18)13(19)16-10-6-4-5-9(14)12(10)15/h4-7H,3H2,1-2H3,(H,16,19). The molecule has 0 atom stereocenters. The average molecular weight is 298 g/mol. The smallest absolute Gasteiger partial charge is 0.276 e. The summed E-state index contributed by atoms with van der Waals surface area (Å²) in [6.45, 7) is 4.59. The first-order valence-corrected chi connectivity index (χ1v) is 6.58. The Kier molecular flexibility index (Phi) is 4.12. The van der Waals surface area contributed by atoms with E-state index in [0.29, 0.717) is 21.4 Å². The number of benzene rings is 1. The van der Waals surface area contributed by atoms with Crippen LogP contribution in [0.1, 0.15) is 23.1 Å². The number of carbonyl (C=O) groups excluding carboxylic acids is 1. The first kappa shape index (κ1) is 13.9. The monoisotopic (exact) mass is 297 g/mol. The van der Waals surface area contributed by atoms with Gasteiger partial charge in [-0.15, -0.1) is 0 Å². The zero-order valence-electron chi connectivity index (χ0n) is 10.6. The molecule has 0 spiro atoms. The van der Waals surface area contributed by atoms with Crippen molar-refractivity contribution in [3.63, 3.8) is 0 Å². The maximum absolute atomic E-state index is 12.1. The van der Waals surface area contributed by atoms with Gasteiger partial charge in [-0.25, -0.2) is 0 Å². The minimum atomic E-state index is -0.306. The van der Waals surface area contributed by atoms with Crippen LogP contribution in [0.15, 0.2) is 24.3 Å². The first-order valence-electron chi connectivity index (χ1n) is 5.82. The van der Waals surface area contributed by atoms with Gasteiger partial charge in [0.05, 0.1) is 15.7 Å². The number of anilines is 1. The van der Waals surface area contributed by atoms with Gasteiger partial charge in [-0.05, 0) is 32.0 Å². The fourth-order valence-corrected chi connectivity index (χ4v) is 2.08. The Morgan fingerprint density at radius 1 is 1.42 bits per heavy atom. The zero-order chi connectivity index (χ0) is 14.0. The largest absolute Gasteiger partial charge is 0.319 e. The molecule has 19 heavy (non-hydrogen) atoms. The molecule has 6 heteroatoms. The van der Waals surface area contributed by atoms with E-state index in [1.807, 2.05) is 13.8 Å². The molecule has 0 saturated carbocycles. The van der Waals surface area contributed by atoms with Crippen molar-refractivity contribution in [2.45, 2.75) is 20.4 Å². The summed E-state index contributed by atoms with van der Waals surface area (Å²) in [5.74, 6) is -0.306. The third-order valence-corrected chi connectivity index (χ3v) is 3.53. The van der Waals surface area contributed by atoms with Crippen molar-refractivity contribution < 1.29 is 4.79 Å². The van der Waals surface area contributed by atoms with Crippen molar-refractivity contribution in [2.24, 2.45) is 0 Å². The second-order valence-electron chi connectivity index (χ2n) is 4.04. The number of aryl methyl sites for hydroxylation is 2. The van der Waals surface area contributed by atoms with Crippen LogP contribution in [0.3, 0.4) is 0 Å². The Balaban J connectivity index is 2.23. The highest BCUT2D eigenvalue weighted by molar-refractivity contribution is 6.44. The Morgan fingerprint density at radius 3 is 2.79 bits per heavy atom. The van der Waals surface area contributed by atoms with Gasteiger partial charge in [0.2, 0.25) is 0 Å². The van der Waals surface area contributed by atoms with E-state index in [9.17, 15) is 4.79 Å². The van der Waals surface area contributed by atoms with Crippen molar-refractivity contribution >= 4 is 34.8 Å². The third-order valence-electron chi connectivity index (χ3n) is 2.71. The van der Waals surface area contributed by atoms with E-state index in [-0.39, 0.29) is 5.91 Å². The van der Waals surface area contributed by atoms with Crippen molar-refractivity contribution in [1.29, 1.82) is 0 Å². The van der Waals surface area contributed by atoms with Crippen LogP contribution in [0.2, 0.25) is 10.0 Å². The van der Waals surface area contributed by atoms with Crippen LogP contribution in [0.25, 0.3) is 0 Å². The van der Waals surface area contributed by atoms with Gasteiger partial charge < -0.3 is 5.32 Å². The molecule has 0 bridgehead atoms. The normalized spacial score (nSPS) is 10.5. The molecule has 1 N–H and O–H groups in total. The van der Waals surface area contributed by atoms with Gasteiger partial charge >= 0.3 is 0 Å². The number of nitrogens with zero attached hydrogens (tertiary/aromatic N) is 2. The lowest BCUT2D eigenvalue weighted by Crippen LogP contribution is -2.13. The van der Waals surface area contributed by atoms with Crippen LogP contribution < -0.4 is 5.32 Å². The average Bonchev–Trinajstić information content (AvgIpc) is 2.76. The molecule has 1 heterocycles. The summed E-state index contributed by atoms with van der Waals surface area (Å²) < 4.78 is 1.76. The topological polar surface area (TPSA) is 46.9 Å². The molecular formula is C13H13Cl2N3O. The molecule has 4 nitrogen and oxygen atoms in total. The maximum atomic E-state index is 12.1. The molecule has 0 aliphatic heterocycles. The third kappa shape index (κ3) is 2.91. The maximum Gasteiger partial charge on any atom is 0.276 e. The molecule has 1 aromatic heterocycles. The quantitative estimate of drug-likeness (QED) is 0.937. The van der Waals surface area contributed by atoms with Crippen LogP contribution in [-0.2, 0) is 6.54 Å². The molecule has 0 radical (unpaired) electrons. The summed E-state index contributed by atoms with van der Waals surface area (Å²) >= 11 is 11.9. The molecule has 100 valence electrons. The second kappa shape index (κ2) is 5.63. The van der Waals surface area contributed by atoms with E-state index in [4.69, 9.17) is 23.2 Å². The number of nitrogens with one attached hydrogen (secondary N) is 1. The Hall–Kier alpha value is -1.52. The highest BCUT2D eigenvalue weighted by Gasteiger charge is 2.14. The molecule has 0 saturated heterocycles. The minimum absolute atomic E-state index is 0.306. The fourth-order valence-electron chi connectivity index (χ4n) is 1.73. The highest BCUT2D eigenvalue weighted by Crippen LogP contribution is 2.29. The van der Waals surface area contributed by atoms with Crippen LogP contribution >= 0.6 is 23.2 Å². The van der Waals surface area contributed by atoms with Gasteiger partial charge in [0, 0.05) is 12.2 Å². The van der Waals surface area contributed by atoms with Crippen molar-refractivity contribution in [3.8, 4) is 0 Å². The van der Waals surface area contributed by atoms with Gasteiger partial charge in [0.1, 0.15) is 0 Å². The number of amides is 1. The minimum Gasteiger partial charge on any atom is -0.319 e. The van der Waals surface area contributed by atoms with Crippen molar-refractivity contribution in [1.82, 2.24) is 9.78 Å².